The van der Waals surface area contributed by atoms with Gasteiger partial charge in [0.05, 0.1) is 37.0 Å². The van der Waals surface area contributed by atoms with Crippen molar-refractivity contribution in [2.75, 3.05) is 21.3 Å². The quantitative estimate of drug-likeness (QED) is 0.0887. The molecule has 4 aromatic rings. The van der Waals surface area contributed by atoms with Crippen LogP contribution in [-0.2, 0) is 22.4 Å². The van der Waals surface area contributed by atoms with Gasteiger partial charge in [-0.1, -0.05) is 32.9 Å². The minimum atomic E-state index is -0.485. The van der Waals surface area contributed by atoms with Crippen LogP contribution in [-0.4, -0.2) is 38.9 Å². The molecule has 2 aromatic heterocycles. The molecule has 0 bridgehead atoms. The van der Waals surface area contributed by atoms with Gasteiger partial charge in [-0.2, -0.15) is 0 Å². The Morgan fingerprint density at radius 1 is 0.707 bits per heavy atom. The summed E-state index contributed by atoms with van der Waals surface area (Å²) in [7, 11) is 4.65. The number of Topliss-reactive ketones (excluding diaryl/α,β-unsaturated/α-hetero) is 2. The third-order valence-electron chi connectivity index (χ3n) is 6.92. The molecule has 0 spiro atoms. The van der Waals surface area contributed by atoms with Gasteiger partial charge in [0.15, 0.2) is 11.6 Å². The molecule has 0 radical (unpaired) electrons. The van der Waals surface area contributed by atoms with Gasteiger partial charge < -0.3 is 14.2 Å². The maximum atomic E-state index is 12.8. The third kappa shape index (κ3) is 7.24. The Kier molecular flexibility index (Phi) is 9.99. The van der Waals surface area contributed by atoms with Crippen molar-refractivity contribution in [1.29, 1.82) is 0 Å². The van der Waals surface area contributed by atoms with E-state index in [4.69, 9.17) is 14.2 Å². The summed E-state index contributed by atoms with van der Waals surface area (Å²) < 4.78 is 18.1. The molecule has 0 saturated heterocycles. The van der Waals surface area contributed by atoms with Gasteiger partial charge in [-0.15, -0.1) is 22.7 Å². The topological polar surface area (TPSA) is 78.9 Å². The summed E-state index contributed by atoms with van der Waals surface area (Å²) in [4.78, 5) is 38.5. The molecule has 0 aliphatic heterocycles. The zero-order valence-corrected chi connectivity index (χ0v) is 26.0. The van der Waals surface area contributed by atoms with Crippen LogP contribution in [0, 0.1) is 11.8 Å². The summed E-state index contributed by atoms with van der Waals surface area (Å²) in [5.41, 5.74) is 2.08. The fourth-order valence-electron chi connectivity index (χ4n) is 4.76. The standard InChI is InChI=1S/C33H36O6S2/c1-19(2)11-25(34)31-15-23-13-21(27(37-4)17-29(23)40-31)9-7-8-10-22-14-24-16-32(41-30(24)18-28(22)38-5)26(35)12-20(3)33(36)39-6/h7-8,13-20H,9-12H2,1-6H3/b8-7+/t20-/m0/s1. The van der Waals surface area contributed by atoms with Crippen LogP contribution in [0.3, 0.4) is 0 Å². The largest absolute Gasteiger partial charge is 0.496 e. The number of allylic oxidation sites excluding steroid dienone is 2. The predicted octanol–water partition coefficient (Wildman–Crippen LogP) is 8.09. The van der Waals surface area contributed by atoms with E-state index in [-0.39, 0.29) is 24.0 Å². The van der Waals surface area contributed by atoms with E-state index in [1.165, 1.54) is 29.8 Å². The van der Waals surface area contributed by atoms with Gasteiger partial charge in [0.25, 0.3) is 0 Å². The number of fused-ring (bicyclic) bond motifs is 2. The first kappa shape index (κ1) is 30.5. The lowest BCUT2D eigenvalue weighted by molar-refractivity contribution is -0.144. The molecule has 0 saturated carbocycles. The average Bonchev–Trinajstić information content (AvgIpc) is 3.57. The lowest BCUT2D eigenvalue weighted by atomic mass is 10.0. The molecule has 216 valence electrons. The van der Waals surface area contributed by atoms with Crippen molar-refractivity contribution < 1.29 is 28.6 Å². The second-order valence-electron chi connectivity index (χ2n) is 10.6. The number of ether oxygens (including phenoxy) is 3. The van der Waals surface area contributed by atoms with Gasteiger partial charge in [-0.25, -0.2) is 0 Å². The summed E-state index contributed by atoms with van der Waals surface area (Å²) in [6.45, 7) is 5.81. The zero-order valence-electron chi connectivity index (χ0n) is 24.4. The van der Waals surface area contributed by atoms with E-state index in [0.717, 1.165) is 47.7 Å². The number of carbonyl (C=O) groups excluding carboxylic acids is 3. The van der Waals surface area contributed by atoms with Gasteiger partial charge in [0.1, 0.15) is 11.5 Å². The number of esters is 1. The number of ketones is 2. The van der Waals surface area contributed by atoms with Crippen LogP contribution < -0.4 is 9.47 Å². The molecule has 0 N–H and O–H groups in total. The van der Waals surface area contributed by atoms with E-state index in [0.29, 0.717) is 30.1 Å². The van der Waals surface area contributed by atoms with Gasteiger partial charge in [0, 0.05) is 22.2 Å². The van der Waals surface area contributed by atoms with Crippen molar-refractivity contribution in [3.8, 4) is 11.5 Å². The van der Waals surface area contributed by atoms with Crippen LogP contribution in [0.1, 0.15) is 64.1 Å². The van der Waals surface area contributed by atoms with Crippen LogP contribution >= 0.6 is 22.7 Å². The maximum absolute atomic E-state index is 12.8. The lowest BCUT2D eigenvalue weighted by Crippen LogP contribution is -2.16. The summed E-state index contributed by atoms with van der Waals surface area (Å²) in [5, 5.41) is 2.03. The van der Waals surface area contributed by atoms with Crippen LogP contribution in [0.5, 0.6) is 11.5 Å². The van der Waals surface area contributed by atoms with E-state index in [1.54, 1.807) is 21.1 Å². The maximum Gasteiger partial charge on any atom is 0.308 e. The Balaban J connectivity index is 1.49. The van der Waals surface area contributed by atoms with E-state index in [9.17, 15) is 14.4 Å². The highest BCUT2D eigenvalue weighted by Crippen LogP contribution is 2.35. The molecule has 0 aliphatic rings. The summed E-state index contributed by atoms with van der Waals surface area (Å²) in [6.07, 6.45) is 6.23. The summed E-state index contributed by atoms with van der Waals surface area (Å²) in [6, 6.07) is 12.0. The van der Waals surface area contributed by atoms with Gasteiger partial charge >= 0.3 is 5.97 Å². The van der Waals surface area contributed by atoms with E-state index in [2.05, 4.69) is 38.1 Å². The number of thiophene rings is 2. The first-order chi connectivity index (χ1) is 19.6. The SMILES string of the molecule is COC(=O)[C@@H](C)CC(=O)c1cc2cc(C/C=C/Cc3cc4cc(C(=O)CC(C)C)sc4cc3OC)c(OC)cc2s1. The second kappa shape index (κ2) is 13.4. The van der Waals surface area contributed by atoms with E-state index in [1.807, 2.05) is 24.3 Å². The number of methoxy groups -OCH3 is 3. The van der Waals surface area contributed by atoms with Crippen LogP contribution in [0.25, 0.3) is 20.2 Å². The molecule has 0 aliphatic carbocycles. The van der Waals surface area contributed by atoms with E-state index < -0.39 is 5.92 Å². The number of hydrogen-bond donors (Lipinski definition) is 0. The highest BCUT2D eigenvalue weighted by Gasteiger charge is 2.20. The molecule has 2 aromatic carbocycles. The second-order valence-corrected chi connectivity index (χ2v) is 12.7. The summed E-state index contributed by atoms with van der Waals surface area (Å²) >= 11 is 2.93. The smallest absolute Gasteiger partial charge is 0.308 e. The molecule has 0 amide bonds. The Morgan fingerprint density at radius 3 is 1.59 bits per heavy atom. The monoisotopic (exact) mass is 592 g/mol. The zero-order chi connectivity index (χ0) is 29.7. The van der Waals surface area contributed by atoms with Crippen molar-refractivity contribution in [2.45, 2.75) is 46.5 Å². The van der Waals surface area contributed by atoms with Crippen molar-refractivity contribution in [2.24, 2.45) is 11.8 Å². The molecule has 2 heterocycles. The first-order valence-electron chi connectivity index (χ1n) is 13.6. The molecule has 4 rings (SSSR count). The van der Waals surface area contributed by atoms with Crippen molar-refractivity contribution in [1.82, 2.24) is 0 Å². The predicted molar refractivity (Wildman–Crippen MR) is 167 cm³/mol. The number of benzene rings is 2. The molecule has 6 nitrogen and oxygen atoms in total. The normalized spacial score (nSPS) is 12.4. The Bertz CT molecular complexity index is 1610. The van der Waals surface area contributed by atoms with E-state index >= 15 is 0 Å². The van der Waals surface area contributed by atoms with Crippen LogP contribution in [0.15, 0.2) is 48.6 Å². The molecule has 0 fully saturated rings. The molecule has 1 atom stereocenters. The number of hydrogen-bond acceptors (Lipinski definition) is 8. The highest BCUT2D eigenvalue weighted by molar-refractivity contribution is 7.21. The molecule has 0 unspecified atom stereocenters. The average molecular weight is 593 g/mol. The molecular weight excluding hydrogens is 556 g/mol. The van der Waals surface area contributed by atoms with Gasteiger partial charge in [-0.3, -0.25) is 14.4 Å². The Morgan fingerprint density at radius 2 is 1.17 bits per heavy atom. The van der Waals surface area contributed by atoms with Crippen molar-refractivity contribution in [3.63, 3.8) is 0 Å². The number of rotatable bonds is 13. The Labute approximate surface area is 248 Å². The third-order valence-corrected chi connectivity index (χ3v) is 9.20. The summed E-state index contributed by atoms with van der Waals surface area (Å²) in [5.74, 6) is 1.15. The fraction of sp³-hybridized carbons (Fsp3) is 0.364. The van der Waals surface area contributed by atoms with Crippen molar-refractivity contribution >= 4 is 60.4 Å². The Hall–Kier alpha value is -3.49. The fourth-order valence-corrected chi connectivity index (χ4v) is 6.80. The van der Waals surface area contributed by atoms with Crippen LogP contribution in [0.2, 0.25) is 0 Å². The number of carbonyl (C=O) groups is 3. The first-order valence-corrected chi connectivity index (χ1v) is 15.3. The minimum absolute atomic E-state index is 0.0718. The molecular formula is C33H36O6S2. The van der Waals surface area contributed by atoms with Gasteiger partial charge in [-0.05, 0) is 77.1 Å². The van der Waals surface area contributed by atoms with Crippen LogP contribution in [0.4, 0.5) is 0 Å². The molecule has 8 heteroatoms. The minimum Gasteiger partial charge on any atom is -0.496 e. The van der Waals surface area contributed by atoms with Gasteiger partial charge in [0.2, 0.25) is 0 Å². The lowest BCUT2D eigenvalue weighted by Gasteiger charge is -2.08. The molecule has 41 heavy (non-hydrogen) atoms. The highest BCUT2D eigenvalue weighted by atomic mass is 32.1. The van der Waals surface area contributed by atoms with Crippen molar-refractivity contribution in [3.05, 3.63) is 69.4 Å².